The van der Waals surface area contributed by atoms with E-state index in [1.807, 2.05) is 18.2 Å². The highest BCUT2D eigenvalue weighted by molar-refractivity contribution is 7.17. The first kappa shape index (κ1) is 114. The van der Waals surface area contributed by atoms with E-state index in [4.69, 9.17) is 10.5 Å². The molecule has 43 nitrogen and oxygen atoms in total. The number of benzene rings is 3. The summed E-state index contributed by atoms with van der Waals surface area (Å²) in [5, 5.41) is 77.1. The van der Waals surface area contributed by atoms with Gasteiger partial charge >= 0.3 is 24.0 Å². The number of primary amides is 1. The van der Waals surface area contributed by atoms with Crippen molar-refractivity contribution in [2.45, 2.75) is 298 Å². The molecule has 147 heavy (non-hydrogen) atoms. The minimum absolute atomic E-state index is 0.00271. The number of nitrogens with two attached hydrogens (primary N) is 1. The van der Waals surface area contributed by atoms with Gasteiger partial charge in [-0.2, -0.15) is 11.3 Å². The van der Waals surface area contributed by atoms with Crippen molar-refractivity contribution in [1.29, 1.82) is 0 Å². The Morgan fingerprint density at radius 2 is 1.10 bits per heavy atom. The van der Waals surface area contributed by atoms with Gasteiger partial charge in [0.25, 0.3) is 0 Å². The zero-order valence-electron chi connectivity index (χ0n) is 83.6. The van der Waals surface area contributed by atoms with E-state index in [-0.39, 0.29) is 159 Å². The van der Waals surface area contributed by atoms with E-state index >= 15 is 43.2 Å². The molecule has 3 bridgehead atoms. The highest BCUT2D eigenvalue weighted by atomic mass is 32.1. The van der Waals surface area contributed by atoms with Crippen LogP contribution in [-0.4, -0.2) is 271 Å². The molecule has 3 aromatic carbocycles. The molecule has 1 unspecified atom stereocenters. The number of nitrogens with zero attached hydrogens (tertiary/aromatic N) is 2. The van der Waals surface area contributed by atoms with Crippen molar-refractivity contribution in [2.75, 3.05) is 32.8 Å². The van der Waals surface area contributed by atoms with Gasteiger partial charge in [0, 0.05) is 63.4 Å². The lowest BCUT2D eigenvalue weighted by Crippen LogP contribution is -2.66. The van der Waals surface area contributed by atoms with E-state index in [9.17, 15) is 72.9 Å². The molecule has 5 aliphatic rings. The van der Waals surface area contributed by atoms with E-state index in [2.05, 4.69) is 79.8 Å². The average Bonchev–Trinajstić information content (AvgIpc) is 1.63. The molecule has 14 atom stereocenters. The van der Waals surface area contributed by atoms with Crippen LogP contribution in [0.3, 0.4) is 0 Å². The van der Waals surface area contributed by atoms with Crippen LogP contribution in [0.5, 0.6) is 0 Å². The van der Waals surface area contributed by atoms with Crippen molar-refractivity contribution in [3.63, 3.8) is 0 Å². The summed E-state index contributed by atoms with van der Waals surface area (Å²) in [7, 11) is 0. The van der Waals surface area contributed by atoms with Gasteiger partial charge in [0.1, 0.15) is 88.6 Å². The number of aromatic carboxylic acids is 1. The number of fused-ring (bicyclic) bond motifs is 4. The third-order valence-electron chi connectivity index (χ3n) is 26.5. The molecule has 3 saturated heterocycles. The summed E-state index contributed by atoms with van der Waals surface area (Å²) in [4.78, 5) is 309. The van der Waals surface area contributed by atoms with Gasteiger partial charge in [-0.25, -0.2) is 9.59 Å². The molecule has 5 aliphatic heterocycles. The normalized spacial score (nSPS) is 26.6. The molecule has 0 saturated carbocycles. The standard InChI is InChI=1S/C102H134N18O25S2/c1-59(81(103)127)105-83(129)69-35-36-78(122)104-43-24-20-33-68-89(135)118-101(95(142)113-71(51-64-37-47-146-56-64)85(131)111-73(86(132)108-69)52-66-57-147-77-34-19-18-32-67(66)77)42-45-119(58-101)97(144)145-46-25-14-10-9-11-21-38-100(39-22-12-13-23-40-102(41-27-44-120(102)61(3)121)96(143)115-75(54-80(125)126)88(134)112-76(91(137)117-100)55-98(4,5)6)94(141)114-74(53-79(123)124)87(133)110-72(50-63-30-26-31-65(48-63)92(138)139)90(136)116-99(7,8)93(140)106-60(2)82(128)109-70(84(130)107-68)49-62-28-16-15-17-29-62/h9-10,13,15-19,23,26,28-32,34,37,47-48,56-57,59-60,68-76H,11-12,14,20-22,24-25,27,33,35-36,38-46,49-55,58H2,1-8H3,(H2,103,127)(H,104,122)(H,105,129)(H,106,140)(H,107,130)(H,108,132)(H,109,128)(H,110,133)(H,111,131)(H,112,134)(H,113,142)(H,114,141)(H,115,143)(H,116,136)(H,117,137)(H,118,135)(H,123,124)(H,125,126)(H,138,139)/b10-9+,23-13-/t59-,60-,68-,69-,70-,71-,72-,73-,74-,75-,76-,100?,101-,102-/m0/s1. The van der Waals surface area contributed by atoms with Gasteiger partial charge in [-0.05, 0) is 210 Å². The van der Waals surface area contributed by atoms with Crippen LogP contribution in [0.1, 0.15) is 216 Å². The second-order valence-corrected chi connectivity index (χ2v) is 41.4. The molecule has 0 radical (unpaired) electrons. The third kappa shape index (κ3) is 32.7. The number of nitrogens with one attached hydrogen (secondary N) is 15. The molecule has 20 N–H and O–H groups in total. The number of allylic oxidation sites excluding steroid dienone is 3. The molecule has 3 spiro atoms. The number of cyclic esters (lactones) is 1. The lowest BCUT2D eigenvalue weighted by atomic mass is 9.83. The van der Waals surface area contributed by atoms with Crippen molar-refractivity contribution in [1.82, 2.24) is 89.6 Å². The number of rotatable bonds is 17. The molecule has 3 fully saturated rings. The largest absolute Gasteiger partial charge is 0.481 e. The van der Waals surface area contributed by atoms with E-state index in [1.165, 1.54) is 86.5 Å². The number of carboxylic acids is 3. The Bertz CT molecular complexity index is 5750. The molecular weight excluding hydrogens is 1940 g/mol. The van der Waals surface area contributed by atoms with Gasteiger partial charge in [-0.3, -0.25) is 91.1 Å². The topological polar surface area (TPSA) is 641 Å². The summed E-state index contributed by atoms with van der Waals surface area (Å²) in [5.41, 5.74) is -2.12. The molecule has 5 aromatic rings. The van der Waals surface area contributed by atoms with Gasteiger partial charge in [0.2, 0.25) is 100 Å². The fourth-order valence-corrected chi connectivity index (χ4v) is 20.0. The van der Waals surface area contributed by atoms with E-state index < -0.39 is 251 Å². The number of carbonyl (C=O) groups excluding carboxylic acids is 18. The number of hydrogen-bond donors (Lipinski definition) is 19. The number of amides is 18. The fourth-order valence-electron chi connectivity index (χ4n) is 18.3. The molecule has 2 aromatic heterocycles. The summed E-state index contributed by atoms with van der Waals surface area (Å²) in [6.45, 7) is 10.2. The van der Waals surface area contributed by atoms with Crippen LogP contribution in [0.2, 0.25) is 0 Å². The first-order chi connectivity index (χ1) is 69.7. The summed E-state index contributed by atoms with van der Waals surface area (Å²) in [6.07, 6.45) is 0.811. The lowest BCUT2D eigenvalue weighted by Gasteiger charge is -2.38. The number of carbonyl (C=O) groups is 21. The molecule has 18 amide bonds. The Kier molecular flexibility index (Phi) is 40.9. The van der Waals surface area contributed by atoms with Crippen molar-refractivity contribution >= 4 is 157 Å². The van der Waals surface area contributed by atoms with Crippen molar-refractivity contribution in [2.24, 2.45) is 11.1 Å². The highest BCUT2D eigenvalue weighted by Crippen LogP contribution is 2.36. The van der Waals surface area contributed by atoms with Gasteiger partial charge in [0.05, 0.1) is 31.6 Å². The molecule has 794 valence electrons. The SMILES string of the molecule is CC(=O)N1CCC[C@]12C/C=C\CCCC1(CCC/C=C/CCCOC(=O)N3CC[C@@]4(C3)NC(=O)[C@H](CCCCNC(=O)CC[C@@H](C(=O)N[C@@H](C)C(N)=O)NC(=O)[C@H](Cc3csc5ccccc35)NC(=O)[C@H](Cc3ccsc3)NC4=O)NC(=O)[C@H](Cc3ccccc3)NC(=O)[C@H](C)NC(=O)C(C)(C)NC(=O)[C@H](Cc3cccc(C(=O)O)c3)NC(=O)[C@H](CC(=O)O)NC1=O)NC(=O)[C@H](CC(C)(C)C)NC(=O)[C@H](CC(=O)O)NC2=O. The predicted molar refractivity (Wildman–Crippen MR) is 538 cm³/mol. The Labute approximate surface area is 858 Å². The van der Waals surface area contributed by atoms with Crippen molar-refractivity contribution < 1.29 is 121 Å². The average molecular weight is 2080 g/mol. The van der Waals surface area contributed by atoms with Crippen LogP contribution < -0.4 is 85.5 Å². The van der Waals surface area contributed by atoms with Crippen molar-refractivity contribution in [3.05, 3.63) is 153 Å². The number of likely N-dealkylation sites (tertiary alicyclic amines) is 1. The summed E-state index contributed by atoms with van der Waals surface area (Å²) >= 11 is 2.61. The smallest absolute Gasteiger partial charge is 0.409 e. The minimum Gasteiger partial charge on any atom is -0.481 e. The highest BCUT2D eigenvalue weighted by Gasteiger charge is 2.53. The van der Waals surface area contributed by atoms with Crippen LogP contribution in [0.25, 0.3) is 10.1 Å². The molecule has 0 aliphatic carbocycles. The Morgan fingerprint density at radius 3 is 1.75 bits per heavy atom. The molecular formula is C102H134N18O25S2. The third-order valence-corrected chi connectivity index (χ3v) is 28.2. The second kappa shape index (κ2) is 52.5. The van der Waals surface area contributed by atoms with Gasteiger partial charge in [-0.1, -0.05) is 106 Å². The first-order valence-corrected chi connectivity index (χ1v) is 51.1. The molecule has 45 heteroatoms. The van der Waals surface area contributed by atoms with Gasteiger partial charge in [0.15, 0.2) is 0 Å². The van der Waals surface area contributed by atoms with Crippen LogP contribution in [0.4, 0.5) is 4.79 Å². The summed E-state index contributed by atoms with van der Waals surface area (Å²) in [5.74, 6) is -21.3. The molecule has 10 rings (SSSR count). The minimum atomic E-state index is -2.23. The van der Waals surface area contributed by atoms with Crippen molar-refractivity contribution in [3.8, 4) is 0 Å². The quantitative estimate of drug-likeness (QED) is 0.0595. The predicted octanol–water partition coefficient (Wildman–Crippen LogP) is 2.73. The number of ether oxygens (including phenoxy) is 1. The zero-order valence-corrected chi connectivity index (χ0v) is 85.2. The Morgan fingerprint density at radius 1 is 0.531 bits per heavy atom. The van der Waals surface area contributed by atoms with Gasteiger partial charge < -0.3 is 115 Å². The van der Waals surface area contributed by atoms with Crippen LogP contribution in [0.15, 0.2) is 125 Å². The Balaban J connectivity index is 1.05. The zero-order chi connectivity index (χ0) is 107. The fraction of sp³-hybridized carbons (Fsp3) is 0.520. The molecule has 7 heterocycles. The van der Waals surface area contributed by atoms with Crippen LogP contribution in [0, 0.1) is 5.41 Å². The first-order valence-electron chi connectivity index (χ1n) is 49.3. The summed E-state index contributed by atoms with van der Waals surface area (Å²) in [6, 6.07) is 3.84. The Hall–Kier alpha value is -14.5. The van der Waals surface area contributed by atoms with Gasteiger partial charge in [-0.15, -0.1) is 11.3 Å². The summed E-state index contributed by atoms with van der Waals surface area (Å²) < 4.78 is 6.71. The number of carboxylic acid groups (broad SMARTS) is 3. The number of aliphatic carboxylic acids is 2. The maximum Gasteiger partial charge on any atom is 0.409 e. The van der Waals surface area contributed by atoms with Crippen LogP contribution >= 0.6 is 22.7 Å². The van der Waals surface area contributed by atoms with E-state index in [0.717, 1.165) is 9.60 Å². The van der Waals surface area contributed by atoms with E-state index in [1.54, 1.807) is 104 Å². The van der Waals surface area contributed by atoms with Crippen LogP contribution in [-0.2, 0) is 122 Å². The monoisotopic (exact) mass is 2070 g/mol. The maximum absolute atomic E-state index is 16.1. The number of thiophene rings is 2. The van der Waals surface area contributed by atoms with E-state index in [0.29, 0.717) is 28.5 Å². The maximum atomic E-state index is 16.1. The lowest BCUT2D eigenvalue weighted by molar-refractivity contribution is -0.146. The second-order valence-electron chi connectivity index (χ2n) is 39.7. The number of hydrogen-bond acceptors (Lipinski definition) is 24.